The molecule has 1 saturated heterocycles. The molecule has 1 atom stereocenters. The molecule has 3 N–H and O–H groups in total. The van der Waals surface area contributed by atoms with Gasteiger partial charge in [0.25, 0.3) is 0 Å². The van der Waals surface area contributed by atoms with Gasteiger partial charge in [-0.15, -0.1) is 0 Å². The molecule has 7 rings (SSSR count). The zero-order valence-electron chi connectivity index (χ0n) is 33.0. The number of piperidine rings is 1. The maximum Gasteiger partial charge on any atom is 0.117 e. The van der Waals surface area contributed by atoms with Crippen molar-refractivity contribution >= 4 is 11.5 Å². The molecule has 1 unspecified atom stereocenters. The minimum Gasteiger partial charge on any atom is -0.388 e. The number of nitrogens with one attached hydrogen (secondary N) is 1. The molecule has 6 nitrogen and oxygen atoms in total. The number of aliphatic hydroxyl groups excluding tert-OH is 1. The number of hydrogen-bond donors (Lipinski definition) is 3. The number of benzene rings is 5. The van der Waals surface area contributed by atoms with Gasteiger partial charge in [0.1, 0.15) is 11.4 Å². The lowest BCUT2D eigenvalue weighted by Gasteiger charge is -2.42. The maximum absolute atomic E-state index is 12.1. The zero-order valence-corrected chi connectivity index (χ0v) is 33.0. The third-order valence-corrected chi connectivity index (χ3v) is 11.1. The second-order valence-electron chi connectivity index (χ2n) is 16.1. The van der Waals surface area contributed by atoms with E-state index in [2.05, 4.69) is 150 Å². The Kier molecular flexibility index (Phi) is 13.9. The highest BCUT2D eigenvalue weighted by molar-refractivity contribution is 5.88. The number of anilines is 1. The first-order valence-electron chi connectivity index (χ1n) is 20.2. The van der Waals surface area contributed by atoms with Gasteiger partial charge >= 0.3 is 0 Å². The van der Waals surface area contributed by atoms with Crippen LogP contribution in [0.3, 0.4) is 0 Å². The number of hydrogen-bond acceptors (Lipinski definition) is 6. The van der Waals surface area contributed by atoms with E-state index in [1.165, 1.54) is 16.8 Å². The Hall–Kier alpha value is -4.75. The van der Waals surface area contributed by atoms with Crippen LogP contribution in [0.4, 0.5) is 5.69 Å². The standard InChI is InChI=1S/C32H41NO2.C17H19N3/c1-31(2,3)26-18-16-25(17-19-26)30(34)15-10-22-33-23-20-29(21-24-33)32(35,27-11-6-4-7-12-27)28-13-8-5-9-14-28;1-3-7-15(8-4-1)13-20(14-17-18-11-12-19-17)16-9-5-2-6-10-16/h4-9,11-14,16-19,29-30,34-35H,10,15,20-24H2,1-3H3;1-10H,11-14H2,(H,18,19). The summed E-state index contributed by atoms with van der Waals surface area (Å²) in [6.45, 7) is 13.1. The maximum atomic E-state index is 12.1. The molecule has 0 saturated carbocycles. The first-order chi connectivity index (χ1) is 26.7. The summed E-state index contributed by atoms with van der Waals surface area (Å²) >= 11 is 0. The summed E-state index contributed by atoms with van der Waals surface area (Å²) in [5, 5.41) is 26.1. The lowest BCUT2D eigenvalue weighted by Crippen LogP contribution is -2.44. The van der Waals surface area contributed by atoms with Crippen LogP contribution >= 0.6 is 0 Å². The molecule has 6 heteroatoms. The molecule has 2 heterocycles. The number of rotatable bonds is 13. The fourth-order valence-corrected chi connectivity index (χ4v) is 7.89. The van der Waals surface area contributed by atoms with E-state index in [1.54, 1.807) is 0 Å². The number of nitrogens with zero attached hydrogens (tertiary/aromatic N) is 3. The van der Waals surface area contributed by atoms with Crippen LogP contribution < -0.4 is 10.2 Å². The first-order valence-corrected chi connectivity index (χ1v) is 20.2. The minimum atomic E-state index is -0.968. The normalized spacial score (nSPS) is 15.7. The van der Waals surface area contributed by atoms with Crippen LogP contribution in [0.25, 0.3) is 0 Å². The van der Waals surface area contributed by atoms with E-state index in [-0.39, 0.29) is 11.3 Å². The van der Waals surface area contributed by atoms with E-state index in [9.17, 15) is 10.2 Å². The third-order valence-electron chi connectivity index (χ3n) is 11.1. The van der Waals surface area contributed by atoms with Crippen LogP contribution in [0.1, 0.15) is 80.4 Å². The van der Waals surface area contributed by atoms with Crippen LogP contribution in [-0.2, 0) is 17.6 Å². The summed E-state index contributed by atoms with van der Waals surface area (Å²) in [4.78, 5) is 9.35. The number of para-hydroxylation sites is 1. The molecule has 55 heavy (non-hydrogen) atoms. The molecule has 1 fully saturated rings. The predicted molar refractivity (Wildman–Crippen MR) is 229 cm³/mol. The molecule has 0 amide bonds. The fraction of sp³-hybridized carbons (Fsp3) is 0.367. The largest absolute Gasteiger partial charge is 0.388 e. The second kappa shape index (κ2) is 19.2. The van der Waals surface area contributed by atoms with Crippen molar-refractivity contribution < 1.29 is 10.2 Å². The summed E-state index contributed by atoms with van der Waals surface area (Å²) in [5.41, 5.74) is 5.96. The van der Waals surface area contributed by atoms with E-state index in [0.29, 0.717) is 0 Å². The monoisotopic (exact) mass is 736 g/mol. The van der Waals surface area contributed by atoms with Crippen molar-refractivity contribution in [3.05, 3.63) is 173 Å². The number of aliphatic imine (C=N–C) groups is 1. The Morgan fingerprint density at radius 3 is 1.78 bits per heavy atom. The Balaban J connectivity index is 0.000000217. The Morgan fingerprint density at radius 1 is 0.709 bits per heavy atom. The second-order valence-corrected chi connectivity index (χ2v) is 16.1. The van der Waals surface area contributed by atoms with Crippen LogP contribution in [0.15, 0.2) is 151 Å². The van der Waals surface area contributed by atoms with Gasteiger partial charge in [0, 0.05) is 18.8 Å². The molecular formula is C49H60N4O2. The Bertz CT molecular complexity index is 1830. The number of amidine groups is 1. The third kappa shape index (κ3) is 10.9. The molecule has 5 aromatic carbocycles. The highest BCUT2D eigenvalue weighted by atomic mass is 16.3. The van der Waals surface area contributed by atoms with Crippen LogP contribution in [0.5, 0.6) is 0 Å². The van der Waals surface area contributed by atoms with Gasteiger partial charge in [0.2, 0.25) is 0 Å². The topological polar surface area (TPSA) is 71.3 Å². The highest BCUT2D eigenvalue weighted by Crippen LogP contribution is 2.42. The van der Waals surface area contributed by atoms with Gasteiger partial charge in [-0.1, -0.05) is 154 Å². The molecule has 5 aromatic rings. The SMILES string of the molecule is CC(C)(C)c1ccc(C(O)CCCN2CCC(C(O)(c3ccccc3)c3ccccc3)CC2)cc1.c1ccc(CN(CC2=NCCN2)c2ccccc2)cc1. The van der Waals surface area contributed by atoms with Crippen molar-refractivity contribution in [3.63, 3.8) is 0 Å². The smallest absolute Gasteiger partial charge is 0.117 e. The van der Waals surface area contributed by atoms with Gasteiger partial charge in [-0.3, -0.25) is 4.99 Å². The van der Waals surface area contributed by atoms with E-state index in [1.807, 2.05) is 36.4 Å². The first kappa shape index (κ1) is 39.9. The minimum absolute atomic E-state index is 0.128. The molecule has 0 aromatic heterocycles. The van der Waals surface area contributed by atoms with Gasteiger partial charge in [0.05, 0.1) is 19.2 Å². The fourth-order valence-electron chi connectivity index (χ4n) is 7.89. The van der Waals surface area contributed by atoms with Gasteiger partial charge in [-0.25, -0.2) is 0 Å². The average Bonchev–Trinajstić information content (AvgIpc) is 3.75. The van der Waals surface area contributed by atoms with Crippen LogP contribution in [0.2, 0.25) is 0 Å². The van der Waals surface area contributed by atoms with E-state index < -0.39 is 11.7 Å². The molecule has 0 spiro atoms. The Morgan fingerprint density at radius 2 is 1.25 bits per heavy atom. The quantitative estimate of drug-likeness (QED) is 0.113. The van der Waals surface area contributed by atoms with Gasteiger partial charge < -0.3 is 25.3 Å². The van der Waals surface area contributed by atoms with Gasteiger partial charge in [-0.05, 0) is 96.6 Å². The van der Waals surface area contributed by atoms with E-state index in [0.717, 1.165) is 94.0 Å². The van der Waals surface area contributed by atoms with Crippen molar-refractivity contribution in [3.8, 4) is 0 Å². The Labute approximate surface area is 329 Å². The van der Waals surface area contributed by atoms with E-state index >= 15 is 0 Å². The van der Waals surface area contributed by atoms with Crippen LogP contribution in [-0.4, -0.2) is 60.2 Å². The van der Waals surface area contributed by atoms with E-state index in [4.69, 9.17) is 0 Å². The average molecular weight is 737 g/mol. The molecule has 0 bridgehead atoms. The van der Waals surface area contributed by atoms with Crippen LogP contribution in [0, 0.1) is 5.92 Å². The number of likely N-dealkylation sites (tertiary alicyclic amines) is 1. The molecule has 0 radical (unpaired) electrons. The molecule has 2 aliphatic rings. The van der Waals surface area contributed by atoms with Crippen molar-refractivity contribution in [2.75, 3.05) is 44.2 Å². The van der Waals surface area contributed by atoms with Gasteiger partial charge in [-0.2, -0.15) is 0 Å². The van der Waals surface area contributed by atoms with Crippen molar-refractivity contribution in [1.82, 2.24) is 10.2 Å². The molecule has 0 aliphatic carbocycles. The summed E-state index contributed by atoms with van der Waals surface area (Å²) in [6, 6.07) is 49.8. The lowest BCUT2D eigenvalue weighted by molar-refractivity contribution is -0.0146. The number of aliphatic hydroxyl groups is 2. The molecule has 288 valence electrons. The molecular weight excluding hydrogens is 677 g/mol. The molecule has 2 aliphatic heterocycles. The van der Waals surface area contributed by atoms with Crippen molar-refractivity contribution in [2.24, 2.45) is 10.9 Å². The van der Waals surface area contributed by atoms with Gasteiger partial charge in [0.15, 0.2) is 0 Å². The lowest BCUT2D eigenvalue weighted by atomic mass is 9.72. The summed E-state index contributed by atoms with van der Waals surface area (Å²) < 4.78 is 0. The summed E-state index contributed by atoms with van der Waals surface area (Å²) in [6.07, 6.45) is 3.23. The summed E-state index contributed by atoms with van der Waals surface area (Å²) in [5.74, 6) is 1.26. The van der Waals surface area contributed by atoms with Crippen molar-refractivity contribution in [1.29, 1.82) is 0 Å². The zero-order chi connectivity index (χ0) is 38.5. The predicted octanol–water partition coefficient (Wildman–Crippen LogP) is 9.14. The highest BCUT2D eigenvalue weighted by Gasteiger charge is 2.41. The summed E-state index contributed by atoms with van der Waals surface area (Å²) in [7, 11) is 0. The van der Waals surface area contributed by atoms with Crippen molar-refractivity contribution in [2.45, 2.75) is 70.1 Å².